The summed E-state index contributed by atoms with van der Waals surface area (Å²) in [5.74, 6) is 1.89. The van der Waals surface area contributed by atoms with Gasteiger partial charge in [0.05, 0.1) is 6.61 Å². The first kappa shape index (κ1) is 12.4. The summed E-state index contributed by atoms with van der Waals surface area (Å²) in [6.07, 6.45) is 0. The summed E-state index contributed by atoms with van der Waals surface area (Å²) in [6, 6.07) is 8.76. The molecule has 1 N–H and O–H groups in total. The third-order valence-corrected chi connectivity index (χ3v) is 2.78. The van der Waals surface area contributed by atoms with Gasteiger partial charge >= 0.3 is 0 Å². The van der Waals surface area contributed by atoms with Crippen molar-refractivity contribution < 1.29 is 4.74 Å². The molecular weight excluding hydrogens is 206 g/mol. The molecule has 0 atom stereocenters. The van der Waals surface area contributed by atoms with E-state index in [1.54, 1.807) is 0 Å². The van der Waals surface area contributed by atoms with Gasteiger partial charge in [0.2, 0.25) is 0 Å². The van der Waals surface area contributed by atoms with Crippen LogP contribution in [0.25, 0.3) is 0 Å². The molecule has 0 amide bonds. The molecule has 15 heavy (non-hydrogen) atoms. The Morgan fingerprint density at radius 1 is 1.27 bits per heavy atom. The van der Waals surface area contributed by atoms with Crippen LogP contribution in [0, 0.1) is 0 Å². The van der Waals surface area contributed by atoms with E-state index >= 15 is 0 Å². The van der Waals surface area contributed by atoms with Crippen LogP contribution in [-0.4, -0.2) is 18.5 Å². The Morgan fingerprint density at radius 3 is 2.47 bits per heavy atom. The number of rotatable bonds is 6. The van der Waals surface area contributed by atoms with Crippen molar-refractivity contribution >= 4 is 11.8 Å². The molecule has 1 aromatic carbocycles. The fraction of sp³-hybridized carbons (Fsp3) is 0.500. The smallest absolute Gasteiger partial charge is 0.119 e. The van der Waals surface area contributed by atoms with Gasteiger partial charge in [-0.1, -0.05) is 13.8 Å². The summed E-state index contributed by atoms with van der Waals surface area (Å²) in [7, 11) is 0. The van der Waals surface area contributed by atoms with Crippen molar-refractivity contribution in [3.63, 3.8) is 0 Å². The zero-order valence-corrected chi connectivity index (χ0v) is 10.4. The minimum atomic E-state index is 0.542. The van der Waals surface area contributed by atoms with Gasteiger partial charge < -0.3 is 10.1 Å². The Morgan fingerprint density at radius 2 is 1.93 bits per heavy atom. The predicted molar refractivity (Wildman–Crippen MR) is 66.6 cm³/mol. The molecule has 0 aliphatic rings. The molecule has 0 unspecified atom stereocenters. The molecule has 0 radical (unpaired) electrons. The van der Waals surface area contributed by atoms with Crippen molar-refractivity contribution in [1.29, 1.82) is 0 Å². The average molecular weight is 225 g/mol. The molecule has 0 saturated carbocycles. The van der Waals surface area contributed by atoms with Crippen LogP contribution in [0.3, 0.4) is 0 Å². The van der Waals surface area contributed by atoms with Gasteiger partial charge in [-0.25, -0.2) is 0 Å². The maximum absolute atomic E-state index is 5.38. The minimum Gasteiger partial charge on any atom is -0.494 e. The number of ether oxygens (including phenoxy) is 1. The quantitative estimate of drug-likeness (QED) is 0.593. The summed E-state index contributed by atoms with van der Waals surface area (Å²) in [5.41, 5.74) is 0. The zero-order chi connectivity index (χ0) is 11.1. The van der Waals surface area contributed by atoms with Crippen LogP contribution in [-0.2, 0) is 0 Å². The van der Waals surface area contributed by atoms with E-state index in [0.717, 1.165) is 18.2 Å². The lowest BCUT2D eigenvalue weighted by atomic mass is 10.3. The lowest BCUT2D eigenvalue weighted by Gasteiger charge is -2.08. The van der Waals surface area contributed by atoms with E-state index in [2.05, 4.69) is 31.3 Å². The first-order valence-electron chi connectivity index (χ1n) is 5.31. The van der Waals surface area contributed by atoms with Crippen molar-refractivity contribution in [2.75, 3.05) is 12.5 Å². The molecule has 84 valence electrons. The average Bonchev–Trinajstić information content (AvgIpc) is 2.20. The molecule has 2 nitrogen and oxygen atoms in total. The lowest BCUT2D eigenvalue weighted by molar-refractivity contribution is 0.340. The van der Waals surface area contributed by atoms with Gasteiger partial charge in [-0.05, 0) is 31.2 Å². The highest BCUT2D eigenvalue weighted by Gasteiger charge is 1.96. The fourth-order valence-electron chi connectivity index (χ4n) is 1.09. The Kier molecular flexibility index (Phi) is 5.58. The van der Waals surface area contributed by atoms with E-state index in [4.69, 9.17) is 4.74 Å². The summed E-state index contributed by atoms with van der Waals surface area (Å²) in [4.78, 5) is 1.27. The number of nitrogens with one attached hydrogen (secondary N) is 1. The van der Waals surface area contributed by atoms with Gasteiger partial charge in [0.15, 0.2) is 0 Å². The molecule has 0 saturated heterocycles. The van der Waals surface area contributed by atoms with Crippen LogP contribution in [0.15, 0.2) is 29.2 Å². The largest absolute Gasteiger partial charge is 0.494 e. The van der Waals surface area contributed by atoms with Crippen LogP contribution in [0.2, 0.25) is 0 Å². The van der Waals surface area contributed by atoms with Crippen molar-refractivity contribution in [1.82, 2.24) is 5.32 Å². The second-order valence-electron chi connectivity index (χ2n) is 3.55. The van der Waals surface area contributed by atoms with Gasteiger partial charge in [0.25, 0.3) is 0 Å². The minimum absolute atomic E-state index is 0.542. The number of thioether (sulfide) groups is 1. The lowest BCUT2D eigenvalue weighted by Crippen LogP contribution is -2.21. The highest BCUT2D eigenvalue weighted by molar-refractivity contribution is 7.99. The Bertz CT molecular complexity index is 271. The molecule has 3 heteroatoms. The molecule has 0 bridgehead atoms. The third-order valence-electron chi connectivity index (χ3n) is 1.87. The molecule has 0 aliphatic carbocycles. The molecule has 0 aromatic heterocycles. The van der Waals surface area contributed by atoms with E-state index in [1.165, 1.54) is 4.90 Å². The number of hydrogen-bond acceptors (Lipinski definition) is 3. The summed E-state index contributed by atoms with van der Waals surface area (Å²) < 4.78 is 5.38. The normalized spacial score (nSPS) is 10.7. The van der Waals surface area contributed by atoms with Gasteiger partial charge in [0, 0.05) is 16.8 Å². The zero-order valence-electron chi connectivity index (χ0n) is 9.62. The van der Waals surface area contributed by atoms with Crippen LogP contribution in [0.1, 0.15) is 20.8 Å². The first-order valence-corrected chi connectivity index (χ1v) is 6.30. The Labute approximate surface area is 96.4 Å². The summed E-state index contributed by atoms with van der Waals surface area (Å²) >= 11 is 1.81. The maximum atomic E-state index is 5.38. The standard InChI is InChI=1S/C12H19NOS/c1-4-14-11-5-7-12(8-6-11)15-9-13-10(2)3/h5-8,10,13H,4,9H2,1-3H3. The van der Waals surface area contributed by atoms with Crippen LogP contribution < -0.4 is 10.1 Å². The van der Waals surface area contributed by atoms with Crippen LogP contribution in [0.4, 0.5) is 0 Å². The molecule has 0 heterocycles. The van der Waals surface area contributed by atoms with Gasteiger partial charge in [0.1, 0.15) is 5.75 Å². The molecule has 0 spiro atoms. The first-order chi connectivity index (χ1) is 7.22. The van der Waals surface area contributed by atoms with E-state index < -0.39 is 0 Å². The van der Waals surface area contributed by atoms with Crippen molar-refractivity contribution in [2.45, 2.75) is 31.7 Å². The van der Waals surface area contributed by atoms with Crippen molar-refractivity contribution in [3.8, 4) is 5.75 Å². The number of benzene rings is 1. The van der Waals surface area contributed by atoms with Crippen molar-refractivity contribution in [3.05, 3.63) is 24.3 Å². The molecule has 0 aliphatic heterocycles. The monoisotopic (exact) mass is 225 g/mol. The van der Waals surface area contributed by atoms with Gasteiger partial charge in [-0.2, -0.15) is 0 Å². The maximum Gasteiger partial charge on any atom is 0.119 e. The van der Waals surface area contributed by atoms with E-state index in [1.807, 2.05) is 30.8 Å². The Balaban J connectivity index is 2.36. The second kappa shape index (κ2) is 6.75. The molecule has 0 fully saturated rings. The van der Waals surface area contributed by atoms with Gasteiger partial charge in [-0.3, -0.25) is 0 Å². The predicted octanol–water partition coefficient (Wildman–Crippen LogP) is 3.13. The SMILES string of the molecule is CCOc1ccc(SCNC(C)C)cc1. The highest BCUT2D eigenvalue weighted by Crippen LogP contribution is 2.20. The van der Waals surface area contributed by atoms with E-state index in [0.29, 0.717) is 6.04 Å². The fourth-order valence-corrected chi connectivity index (χ4v) is 2.00. The molecular formula is C12H19NOS. The topological polar surface area (TPSA) is 21.3 Å². The number of hydrogen-bond donors (Lipinski definition) is 1. The van der Waals surface area contributed by atoms with Crippen LogP contribution >= 0.6 is 11.8 Å². The van der Waals surface area contributed by atoms with Crippen LogP contribution in [0.5, 0.6) is 5.75 Å². The van der Waals surface area contributed by atoms with Gasteiger partial charge in [-0.15, -0.1) is 11.8 Å². The van der Waals surface area contributed by atoms with E-state index in [-0.39, 0.29) is 0 Å². The third kappa shape index (κ3) is 5.09. The van der Waals surface area contributed by atoms with E-state index in [9.17, 15) is 0 Å². The molecule has 1 aromatic rings. The second-order valence-corrected chi connectivity index (χ2v) is 4.60. The molecule has 1 rings (SSSR count). The van der Waals surface area contributed by atoms with Crippen molar-refractivity contribution in [2.24, 2.45) is 0 Å². The summed E-state index contributed by atoms with van der Waals surface area (Å²) in [5, 5.41) is 3.37. The highest BCUT2D eigenvalue weighted by atomic mass is 32.2. The summed E-state index contributed by atoms with van der Waals surface area (Å²) in [6.45, 7) is 7.02. The Hall–Kier alpha value is -0.670.